The van der Waals surface area contributed by atoms with Gasteiger partial charge in [-0.2, -0.15) is 5.10 Å². The van der Waals surface area contributed by atoms with E-state index in [0.717, 1.165) is 30.4 Å². The Hall–Kier alpha value is -1.69. The molecule has 2 atom stereocenters. The lowest BCUT2D eigenvalue weighted by atomic mass is 9.91. The van der Waals surface area contributed by atoms with E-state index in [1.807, 2.05) is 0 Å². The van der Waals surface area contributed by atoms with E-state index in [1.165, 1.54) is 24.1 Å². The van der Waals surface area contributed by atoms with Crippen molar-refractivity contribution in [1.82, 2.24) is 14.7 Å². The van der Waals surface area contributed by atoms with Crippen molar-refractivity contribution in [3.05, 3.63) is 28.2 Å². The number of hydrogen-bond donors (Lipinski definition) is 1. The van der Waals surface area contributed by atoms with Gasteiger partial charge < -0.3 is 10.0 Å². The number of aromatic nitrogens is 2. The summed E-state index contributed by atoms with van der Waals surface area (Å²) in [5.41, 5.74) is -0.0284. The molecule has 0 saturated heterocycles. The Morgan fingerprint density at radius 3 is 2.74 bits per heavy atom. The van der Waals surface area contributed by atoms with E-state index in [1.54, 1.807) is 7.05 Å². The monoisotopic (exact) mass is 265 g/mol. The van der Waals surface area contributed by atoms with Crippen LogP contribution in [0.15, 0.2) is 16.9 Å². The average Bonchev–Trinajstić information content (AvgIpc) is 2.41. The second-order valence-electron chi connectivity index (χ2n) is 5.02. The number of amides is 1. The zero-order valence-corrected chi connectivity index (χ0v) is 11.2. The van der Waals surface area contributed by atoms with Gasteiger partial charge in [0.2, 0.25) is 0 Å². The summed E-state index contributed by atoms with van der Waals surface area (Å²) in [7, 11) is 3.18. The SMILES string of the molecule is CN(C(=O)c1ccc(=O)n(C)n1)C1CCCCC1O. The Balaban J connectivity index is 2.18. The summed E-state index contributed by atoms with van der Waals surface area (Å²) in [5.74, 6) is -0.262. The zero-order valence-electron chi connectivity index (χ0n) is 11.2. The fraction of sp³-hybridized carbons (Fsp3) is 0.615. The predicted molar refractivity (Wildman–Crippen MR) is 69.8 cm³/mol. The Morgan fingerprint density at radius 2 is 2.11 bits per heavy atom. The van der Waals surface area contributed by atoms with Crippen molar-refractivity contribution < 1.29 is 9.90 Å². The number of aliphatic hydroxyl groups excluding tert-OH is 1. The highest BCUT2D eigenvalue weighted by Gasteiger charge is 2.30. The van der Waals surface area contributed by atoms with Crippen LogP contribution in [-0.4, -0.2) is 44.9 Å². The predicted octanol–water partition coefficient (Wildman–Crippen LogP) is 0.156. The van der Waals surface area contributed by atoms with Crippen LogP contribution in [0.4, 0.5) is 0 Å². The Kier molecular flexibility index (Phi) is 3.99. The minimum atomic E-state index is -0.477. The van der Waals surface area contributed by atoms with Gasteiger partial charge >= 0.3 is 0 Å². The Bertz CT molecular complexity index is 526. The second kappa shape index (κ2) is 5.52. The molecule has 0 aromatic carbocycles. The van der Waals surface area contributed by atoms with Gasteiger partial charge in [0.1, 0.15) is 5.69 Å². The highest BCUT2D eigenvalue weighted by Crippen LogP contribution is 2.23. The number of carbonyl (C=O) groups excluding carboxylic acids is 1. The molecule has 1 amide bonds. The molecule has 1 heterocycles. The third kappa shape index (κ3) is 2.84. The van der Waals surface area contributed by atoms with Gasteiger partial charge in [0.15, 0.2) is 0 Å². The van der Waals surface area contributed by atoms with Crippen LogP contribution in [0.3, 0.4) is 0 Å². The van der Waals surface area contributed by atoms with Crippen LogP contribution in [0.5, 0.6) is 0 Å². The number of likely N-dealkylation sites (N-methyl/N-ethyl adjacent to an activating group) is 1. The molecule has 1 aliphatic carbocycles. The molecule has 19 heavy (non-hydrogen) atoms. The van der Waals surface area contributed by atoms with E-state index in [4.69, 9.17) is 0 Å². The van der Waals surface area contributed by atoms with Crippen molar-refractivity contribution in [2.24, 2.45) is 7.05 Å². The molecule has 1 aromatic heterocycles. The summed E-state index contributed by atoms with van der Waals surface area (Å²) in [6.45, 7) is 0. The van der Waals surface area contributed by atoms with Gasteiger partial charge in [-0.3, -0.25) is 9.59 Å². The lowest BCUT2D eigenvalue weighted by Gasteiger charge is -2.34. The van der Waals surface area contributed by atoms with Crippen molar-refractivity contribution >= 4 is 5.91 Å². The molecule has 6 heteroatoms. The summed E-state index contributed by atoms with van der Waals surface area (Å²) >= 11 is 0. The first-order valence-corrected chi connectivity index (χ1v) is 6.50. The molecule has 1 saturated carbocycles. The molecule has 2 rings (SSSR count). The quantitative estimate of drug-likeness (QED) is 0.826. The van der Waals surface area contributed by atoms with Crippen LogP contribution < -0.4 is 5.56 Å². The van der Waals surface area contributed by atoms with E-state index in [9.17, 15) is 14.7 Å². The standard InChI is InChI=1S/C13H19N3O3/c1-15(10-5-3-4-6-11(10)17)13(19)9-7-8-12(18)16(2)14-9/h7-8,10-11,17H,3-6H2,1-2H3. The van der Waals surface area contributed by atoms with E-state index >= 15 is 0 Å². The highest BCUT2D eigenvalue weighted by molar-refractivity contribution is 5.92. The summed E-state index contributed by atoms with van der Waals surface area (Å²) in [5, 5.41) is 13.9. The largest absolute Gasteiger partial charge is 0.391 e. The van der Waals surface area contributed by atoms with Crippen molar-refractivity contribution in [3.63, 3.8) is 0 Å². The smallest absolute Gasteiger partial charge is 0.274 e. The molecule has 104 valence electrons. The first-order chi connectivity index (χ1) is 9.00. The summed E-state index contributed by atoms with van der Waals surface area (Å²) in [6, 6.07) is 2.59. The van der Waals surface area contributed by atoms with Crippen LogP contribution >= 0.6 is 0 Å². The van der Waals surface area contributed by atoms with Crippen LogP contribution in [0.1, 0.15) is 36.2 Å². The molecular weight excluding hydrogens is 246 g/mol. The van der Waals surface area contributed by atoms with Gasteiger partial charge in [-0.25, -0.2) is 4.68 Å². The maximum Gasteiger partial charge on any atom is 0.274 e. The number of nitrogens with zero attached hydrogens (tertiary/aromatic N) is 3. The molecule has 2 unspecified atom stereocenters. The van der Waals surface area contributed by atoms with Gasteiger partial charge in [0.05, 0.1) is 12.1 Å². The molecule has 6 nitrogen and oxygen atoms in total. The molecule has 0 aliphatic heterocycles. The number of hydrogen-bond acceptors (Lipinski definition) is 4. The van der Waals surface area contributed by atoms with Crippen LogP contribution in [0.2, 0.25) is 0 Å². The van der Waals surface area contributed by atoms with Crippen molar-refractivity contribution in [2.75, 3.05) is 7.05 Å². The molecule has 0 spiro atoms. The lowest BCUT2D eigenvalue weighted by molar-refractivity contribution is 0.0263. The normalized spacial score (nSPS) is 23.1. The molecule has 1 aromatic rings. The fourth-order valence-corrected chi connectivity index (χ4v) is 2.49. The molecule has 1 fully saturated rings. The van der Waals surface area contributed by atoms with Crippen molar-refractivity contribution in [3.8, 4) is 0 Å². The van der Waals surface area contributed by atoms with E-state index < -0.39 is 6.10 Å². The van der Waals surface area contributed by atoms with Gasteiger partial charge in [-0.15, -0.1) is 0 Å². The van der Waals surface area contributed by atoms with Crippen molar-refractivity contribution in [2.45, 2.75) is 37.8 Å². The summed E-state index contributed by atoms with van der Waals surface area (Å²) in [6.07, 6.45) is 3.06. The number of aryl methyl sites for hydroxylation is 1. The van der Waals surface area contributed by atoms with Gasteiger partial charge in [0, 0.05) is 20.2 Å². The number of aliphatic hydroxyl groups is 1. The van der Waals surface area contributed by atoms with Crippen LogP contribution in [-0.2, 0) is 7.05 Å². The Labute approximate surface area is 111 Å². The average molecular weight is 265 g/mol. The third-order valence-corrected chi connectivity index (χ3v) is 3.69. The van der Waals surface area contributed by atoms with Gasteiger partial charge in [-0.1, -0.05) is 12.8 Å². The molecule has 1 N–H and O–H groups in total. The maximum atomic E-state index is 12.3. The zero-order chi connectivity index (χ0) is 14.0. The second-order valence-corrected chi connectivity index (χ2v) is 5.02. The molecular formula is C13H19N3O3. The molecule has 1 aliphatic rings. The summed E-state index contributed by atoms with van der Waals surface area (Å²) in [4.78, 5) is 25.1. The van der Waals surface area contributed by atoms with E-state index in [0.29, 0.717) is 0 Å². The minimum Gasteiger partial charge on any atom is -0.391 e. The Morgan fingerprint density at radius 1 is 1.42 bits per heavy atom. The van der Waals surface area contributed by atoms with E-state index in [-0.39, 0.29) is 23.2 Å². The number of carbonyl (C=O) groups is 1. The first-order valence-electron chi connectivity index (χ1n) is 6.50. The third-order valence-electron chi connectivity index (χ3n) is 3.69. The number of rotatable bonds is 2. The van der Waals surface area contributed by atoms with Gasteiger partial charge in [0.25, 0.3) is 11.5 Å². The topological polar surface area (TPSA) is 75.4 Å². The molecule has 0 radical (unpaired) electrons. The van der Waals surface area contributed by atoms with Crippen LogP contribution in [0, 0.1) is 0 Å². The fourth-order valence-electron chi connectivity index (χ4n) is 2.49. The summed E-state index contributed by atoms with van der Waals surface area (Å²) < 4.78 is 1.14. The minimum absolute atomic E-state index is 0.166. The maximum absolute atomic E-state index is 12.3. The molecule has 0 bridgehead atoms. The van der Waals surface area contributed by atoms with Crippen LogP contribution in [0.25, 0.3) is 0 Å². The van der Waals surface area contributed by atoms with Crippen molar-refractivity contribution in [1.29, 1.82) is 0 Å². The highest BCUT2D eigenvalue weighted by atomic mass is 16.3. The van der Waals surface area contributed by atoms with E-state index in [2.05, 4.69) is 5.10 Å². The lowest BCUT2D eigenvalue weighted by Crippen LogP contribution is -2.46. The van der Waals surface area contributed by atoms with Gasteiger partial charge in [-0.05, 0) is 18.9 Å². The first kappa shape index (κ1) is 13.7.